The second-order valence-corrected chi connectivity index (χ2v) is 6.48. The fourth-order valence-electron chi connectivity index (χ4n) is 3.39. The molecule has 4 rings (SSSR count). The van der Waals surface area contributed by atoms with E-state index in [-0.39, 0.29) is 11.3 Å². The molecule has 1 N–H and O–H groups in total. The number of aryl methyl sites for hydroxylation is 1. The first-order valence-electron chi connectivity index (χ1n) is 8.60. The molecule has 6 nitrogen and oxygen atoms in total. The minimum absolute atomic E-state index is 0.210. The minimum Gasteiger partial charge on any atom is -0.347 e. The van der Waals surface area contributed by atoms with Crippen LogP contribution in [0.4, 0.5) is 14.9 Å². The number of hydrogen-bond acceptors (Lipinski definition) is 3. The molecule has 0 saturated carbocycles. The second kappa shape index (κ2) is 6.45. The number of halogens is 1. The van der Waals surface area contributed by atoms with Gasteiger partial charge in [-0.1, -0.05) is 30.3 Å². The van der Waals surface area contributed by atoms with E-state index in [1.807, 2.05) is 42.8 Å². The van der Waals surface area contributed by atoms with E-state index >= 15 is 0 Å². The summed E-state index contributed by atoms with van der Waals surface area (Å²) in [5, 5.41) is 2.98. The van der Waals surface area contributed by atoms with Gasteiger partial charge in [-0.05, 0) is 31.2 Å². The number of imide groups is 2. The molecule has 28 heavy (non-hydrogen) atoms. The molecular formula is C21H16FN3O3. The van der Waals surface area contributed by atoms with Crippen LogP contribution in [-0.4, -0.2) is 22.4 Å². The summed E-state index contributed by atoms with van der Waals surface area (Å²) < 4.78 is 16.1. The van der Waals surface area contributed by atoms with Gasteiger partial charge in [-0.2, -0.15) is 0 Å². The van der Waals surface area contributed by atoms with Crippen LogP contribution in [-0.2, 0) is 16.6 Å². The number of amides is 4. The van der Waals surface area contributed by atoms with Crippen molar-refractivity contribution in [3.8, 4) is 0 Å². The number of barbiturate groups is 1. The van der Waals surface area contributed by atoms with Crippen LogP contribution >= 0.6 is 0 Å². The normalized spacial score (nSPS) is 16.2. The number of nitrogens with zero attached hydrogens (tertiary/aromatic N) is 2. The summed E-state index contributed by atoms with van der Waals surface area (Å²) >= 11 is 0. The molecule has 3 aromatic rings. The number of para-hydroxylation sites is 2. The van der Waals surface area contributed by atoms with E-state index in [1.165, 1.54) is 24.3 Å². The first-order chi connectivity index (χ1) is 13.4. The smallest absolute Gasteiger partial charge is 0.336 e. The van der Waals surface area contributed by atoms with Gasteiger partial charge in [0.2, 0.25) is 0 Å². The van der Waals surface area contributed by atoms with Crippen molar-refractivity contribution >= 4 is 40.5 Å². The van der Waals surface area contributed by atoms with Gasteiger partial charge in [0.25, 0.3) is 11.8 Å². The summed E-state index contributed by atoms with van der Waals surface area (Å²) in [4.78, 5) is 38.2. The summed E-state index contributed by atoms with van der Waals surface area (Å²) in [5.41, 5.74) is 2.04. The van der Waals surface area contributed by atoms with Crippen LogP contribution in [0.5, 0.6) is 0 Å². The van der Waals surface area contributed by atoms with Crippen LogP contribution in [0.3, 0.4) is 0 Å². The number of anilines is 1. The average Bonchev–Trinajstić information content (AvgIpc) is 2.91. The van der Waals surface area contributed by atoms with Gasteiger partial charge in [0, 0.05) is 29.2 Å². The Labute approximate surface area is 159 Å². The molecule has 0 radical (unpaired) electrons. The Kier molecular flexibility index (Phi) is 4.07. The zero-order valence-corrected chi connectivity index (χ0v) is 15.2. The molecule has 0 unspecified atom stereocenters. The molecule has 2 heterocycles. The Morgan fingerprint density at radius 1 is 1.00 bits per heavy atom. The lowest BCUT2D eigenvalue weighted by molar-refractivity contribution is -0.122. The van der Waals surface area contributed by atoms with Crippen molar-refractivity contribution in [1.82, 2.24) is 9.88 Å². The molecule has 140 valence electrons. The Morgan fingerprint density at radius 2 is 1.68 bits per heavy atom. The molecule has 1 aliphatic heterocycles. The highest BCUT2D eigenvalue weighted by molar-refractivity contribution is 6.39. The maximum atomic E-state index is 14.2. The molecule has 0 aliphatic carbocycles. The number of hydrogen-bond donors (Lipinski definition) is 1. The van der Waals surface area contributed by atoms with E-state index in [1.54, 1.807) is 0 Å². The lowest BCUT2D eigenvalue weighted by atomic mass is 10.0. The summed E-state index contributed by atoms with van der Waals surface area (Å²) in [5.74, 6) is -2.41. The fraction of sp³-hybridized carbons (Fsp3) is 0.0952. The number of aromatic nitrogens is 1. The molecule has 1 saturated heterocycles. The topological polar surface area (TPSA) is 71.4 Å². The summed E-state index contributed by atoms with van der Waals surface area (Å²) in [7, 11) is 1.89. The molecule has 2 aromatic carbocycles. The van der Waals surface area contributed by atoms with Gasteiger partial charge < -0.3 is 4.57 Å². The number of nitrogens with one attached hydrogen (secondary N) is 1. The summed E-state index contributed by atoms with van der Waals surface area (Å²) in [6, 6.07) is 12.0. The van der Waals surface area contributed by atoms with Crippen molar-refractivity contribution in [1.29, 1.82) is 0 Å². The largest absolute Gasteiger partial charge is 0.347 e. The highest BCUT2D eigenvalue weighted by Crippen LogP contribution is 2.29. The first kappa shape index (κ1) is 17.7. The molecule has 0 spiro atoms. The number of urea groups is 1. The van der Waals surface area contributed by atoms with Crippen molar-refractivity contribution in [2.75, 3.05) is 4.90 Å². The van der Waals surface area contributed by atoms with Crippen molar-refractivity contribution in [2.24, 2.45) is 7.05 Å². The van der Waals surface area contributed by atoms with E-state index in [4.69, 9.17) is 0 Å². The highest BCUT2D eigenvalue weighted by Gasteiger charge is 2.38. The predicted octanol–water partition coefficient (Wildman–Crippen LogP) is 3.29. The van der Waals surface area contributed by atoms with Crippen LogP contribution in [0.15, 0.2) is 54.1 Å². The molecule has 1 fully saturated rings. The minimum atomic E-state index is -0.980. The Bertz CT molecular complexity index is 1190. The van der Waals surface area contributed by atoms with Crippen LogP contribution in [0.1, 0.15) is 11.3 Å². The Hall–Kier alpha value is -3.74. The van der Waals surface area contributed by atoms with Crippen LogP contribution in [0, 0.1) is 12.7 Å². The van der Waals surface area contributed by atoms with E-state index in [0.717, 1.165) is 22.7 Å². The third kappa shape index (κ3) is 2.60. The number of carbonyl (C=O) groups is 3. The van der Waals surface area contributed by atoms with Gasteiger partial charge in [-0.25, -0.2) is 14.1 Å². The van der Waals surface area contributed by atoms with Crippen LogP contribution < -0.4 is 10.2 Å². The number of rotatable bonds is 2. The maximum Gasteiger partial charge on any atom is 0.336 e. The fourth-order valence-corrected chi connectivity index (χ4v) is 3.39. The third-order valence-electron chi connectivity index (χ3n) is 4.93. The van der Waals surface area contributed by atoms with E-state index in [0.29, 0.717) is 10.5 Å². The van der Waals surface area contributed by atoms with Gasteiger partial charge in [-0.3, -0.25) is 14.9 Å². The lowest BCUT2D eigenvalue weighted by Crippen LogP contribution is -2.54. The van der Waals surface area contributed by atoms with E-state index in [2.05, 4.69) is 5.32 Å². The zero-order valence-electron chi connectivity index (χ0n) is 15.2. The van der Waals surface area contributed by atoms with Crippen LogP contribution in [0.2, 0.25) is 0 Å². The van der Waals surface area contributed by atoms with Crippen LogP contribution in [0.25, 0.3) is 17.0 Å². The molecule has 1 aromatic heterocycles. The van der Waals surface area contributed by atoms with Crippen molar-refractivity contribution < 1.29 is 18.8 Å². The van der Waals surface area contributed by atoms with Gasteiger partial charge in [0.15, 0.2) is 0 Å². The highest BCUT2D eigenvalue weighted by atomic mass is 19.1. The SMILES string of the molecule is Cc1c(C=C2C(=O)NC(=O)N(c3ccccc3F)C2=O)c2ccccc2n1C. The number of fused-ring (bicyclic) bond motifs is 1. The standard InChI is InChI=1S/C21H16FN3O3/c1-12-14(13-7-3-5-9-17(13)24(12)2)11-15-19(26)23-21(28)25(20(15)27)18-10-6-4-8-16(18)22/h3-11H,1-2H3,(H,23,26,28). The molecule has 0 atom stereocenters. The molecular weight excluding hydrogens is 361 g/mol. The van der Waals surface area contributed by atoms with Gasteiger partial charge in [-0.15, -0.1) is 0 Å². The first-order valence-corrected chi connectivity index (χ1v) is 8.60. The number of benzene rings is 2. The van der Waals surface area contributed by atoms with Crippen molar-refractivity contribution in [2.45, 2.75) is 6.92 Å². The average molecular weight is 377 g/mol. The quantitative estimate of drug-likeness (QED) is 0.550. The lowest BCUT2D eigenvalue weighted by Gasteiger charge is -2.26. The van der Waals surface area contributed by atoms with Crippen molar-refractivity contribution in [3.63, 3.8) is 0 Å². The Balaban J connectivity index is 1.87. The maximum absolute atomic E-state index is 14.2. The van der Waals surface area contributed by atoms with Crippen molar-refractivity contribution in [3.05, 3.63) is 71.2 Å². The third-order valence-corrected chi connectivity index (χ3v) is 4.93. The van der Waals surface area contributed by atoms with Gasteiger partial charge in [0.1, 0.15) is 11.4 Å². The number of carbonyl (C=O) groups excluding carboxylic acids is 3. The second-order valence-electron chi connectivity index (χ2n) is 6.48. The summed E-state index contributed by atoms with van der Waals surface area (Å²) in [6.07, 6.45) is 1.45. The Morgan fingerprint density at radius 3 is 2.43 bits per heavy atom. The summed E-state index contributed by atoms with van der Waals surface area (Å²) in [6.45, 7) is 1.87. The molecule has 0 bridgehead atoms. The molecule has 1 aliphatic rings. The predicted molar refractivity (Wildman–Crippen MR) is 103 cm³/mol. The zero-order chi connectivity index (χ0) is 20.0. The van der Waals surface area contributed by atoms with E-state index in [9.17, 15) is 18.8 Å². The van der Waals surface area contributed by atoms with Gasteiger partial charge >= 0.3 is 6.03 Å². The molecule has 4 amide bonds. The van der Waals surface area contributed by atoms with E-state index < -0.39 is 23.7 Å². The molecule has 7 heteroatoms. The van der Waals surface area contributed by atoms with Gasteiger partial charge in [0.05, 0.1) is 5.69 Å². The monoisotopic (exact) mass is 377 g/mol.